The summed E-state index contributed by atoms with van der Waals surface area (Å²) in [4.78, 5) is 16.1. The van der Waals surface area contributed by atoms with Crippen molar-refractivity contribution in [3.63, 3.8) is 0 Å². The molecule has 3 rings (SSSR count). The third-order valence-corrected chi connectivity index (χ3v) is 3.33. The van der Waals surface area contributed by atoms with Crippen LogP contribution in [0.25, 0.3) is 0 Å². The zero-order valence-electron chi connectivity index (χ0n) is 10.3. The van der Waals surface area contributed by atoms with Gasteiger partial charge in [-0.25, -0.2) is 0 Å². The van der Waals surface area contributed by atoms with Gasteiger partial charge in [0.05, 0.1) is 0 Å². The number of guanidine groups is 1. The molecule has 1 aliphatic heterocycles. The summed E-state index contributed by atoms with van der Waals surface area (Å²) < 4.78 is 0. The van der Waals surface area contributed by atoms with E-state index in [1.807, 2.05) is 18.2 Å². The number of nitrogens with zero attached hydrogens (tertiary/aromatic N) is 1. The fourth-order valence-electron chi connectivity index (χ4n) is 2.15. The largest absolute Gasteiger partial charge is 0.356 e. The quantitative estimate of drug-likeness (QED) is 0.830. The van der Waals surface area contributed by atoms with E-state index in [1.54, 1.807) is 0 Å². The van der Waals surface area contributed by atoms with Crippen LogP contribution in [0.1, 0.15) is 41.1 Å². The molecule has 0 spiro atoms. The Morgan fingerprint density at radius 3 is 2.72 bits per heavy atom. The highest BCUT2D eigenvalue weighted by atomic mass is 16.1. The Kier molecular flexibility index (Phi) is 3.00. The van der Waals surface area contributed by atoms with E-state index >= 15 is 0 Å². The second-order valence-corrected chi connectivity index (χ2v) is 4.87. The van der Waals surface area contributed by atoms with Gasteiger partial charge < -0.3 is 10.6 Å². The van der Waals surface area contributed by atoms with Gasteiger partial charge in [-0.15, -0.1) is 0 Å². The Morgan fingerprint density at radius 2 is 2.00 bits per heavy atom. The van der Waals surface area contributed by atoms with Crippen molar-refractivity contribution in [3.8, 4) is 0 Å². The molecule has 2 N–H and O–H groups in total. The van der Waals surface area contributed by atoms with Crippen molar-refractivity contribution in [1.29, 1.82) is 0 Å². The second-order valence-electron chi connectivity index (χ2n) is 4.87. The lowest BCUT2D eigenvalue weighted by Crippen LogP contribution is -2.44. The SMILES string of the molecule is O=C(N=C1NCCCN1)c1cccc(C2CC2)c1. The molecule has 0 atom stereocenters. The summed E-state index contributed by atoms with van der Waals surface area (Å²) in [7, 11) is 0. The van der Waals surface area contributed by atoms with Crippen LogP contribution in [0.2, 0.25) is 0 Å². The van der Waals surface area contributed by atoms with Gasteiger partial charge in [-0.1, -0.05) is 12.1 Å². The molecule has 4 heteroatoms. The van der Waals surface area contributed by atoms with Crippen molar-refractivity contribution in [2.45, 2.75) is 25.2 Å². The lowest BCUT2D eigenvalue weighted by atomic mass is 10.1. The Bertz CT molecular complexity index is 484. The number of benzene rings is 1. The maximum Gasteiger partial charge on any atom is 0.280 e. The van der Waals surface area contributed by atoms with Crippen LogP contribution in [-0.4, -0.2) is 25.0 Å². The monoisotopic (exact) mass is 243 g/mol. The Morgan fingerprint density at radius 1 is 1.22 bits per heavy atom. The van der Waals surface area contributed by atoms with Crippen LogP contribution in [0.3, 0.4) is 0 Å². The molecule has 2 aliphatic rings. The summed E-state index contributed by atoms with van der Waals surface area (Å²) in [6, 6.07) is 7.86. The van der Waals surface area contributed by atoms with Gasteiger partial charge in [-0.2, -0.15) is 4.99 Å². The second kappa shape index (κ2) is 4.80. The summed E-state index contributed by atoms with van der Waals surface area (Å²) in [5.41, 5.74) is 1.95. The Hall–Kier alpha value is -1.84. The van der Waals surface area contributed by atoms with Gasteiger partial charge in [-0.3, -0.25) is 4.79 Å². The first kappa shape index (κ1) is 11.3. The lowest BCUT2D eigenvalue weighted by molar-refractivity contribution is 0.100. The molecule has 1 amide bonds. The molecule has 0 aromatic heterocycles. The molecule has 1 aromatic carbocycles. The third kappa shape index (κ3) is 2.53. The molecule has 1 heterocycles. The van der Waals surface area contributed by atoms with Gasteiger partial charge in [-0.05, 0) is 42.9 Å². The summed E-state index contributed by atoms with van der Waals surface area (Å²) >= 11 is 0. The van der Waals surface area contributed by atoms with Crippen molar-refractivity contribution in [2.24, 2.45) is 4.99 Å². The van der Waals surface area contributed by atoms with E-state index in [0.29, 0.717) is 17.4 Å². The van der Waals surface area contributed by atoms with Crippen molar-refractivity contribution in [3.05, 3.63) is 35.4 Å². The molecule has 18 heavy (non-hydrogen) atoms. The maximum absolute atomic E-state index is 12.0. The van der Waals surface area contributed by atoms with Crippen LogP contribution in [0.5, 0.6) is 0 Å². The zero-order valence-corrected chi connectivity index (χ0v) is 10.3. The van der Waals surface area contributed by atoms with E-state index in [4.69, 9.17) is 0 Å². The van der Waals surface area contributed by atoms with E-state index in [2.05, 4.69) is 21.7 Å². The highest BCUT2D eigenvalue weighted by molar-refractivity contribution is 6.02. The van der Waals surface area contributed by atoms with Crippen LogP contribution in [0.4, 0.5) is 0 Å². The molecule has 0 bridgehead atoms. The molecule has 4 nitrogen and oxygen atoms in total. The van der Waals surface area contributed by atoms with Gasteiger partial charge >= 0.3 is 0 Å². The van der Waals surface area contributed by atoms with E-state index < -0.39 is 0 Å². The average molecular weight is 243 g/mol. The number of carbonyl (C=O) groups is 1. The van der Waals surface area contributed by atoms with Crippen LogP contribution in [0.15, 0.2) is 29.3 Å². The number of carbonyl (C=O) groups excluding carboxylic acids is 1. The Balaban J connectivity index is 1.76. The highest BCUT2D eigenvalue weighted by Gasteiger charge is 2.24. The van der Waals surface area contributed by atoms with Crippen molar-refractivity contribution >= 4 is 11.9 Å². The minimum Gasteiger partial charge on any atom is -0.356 e. The molecule has 1 aromatic rings. The van der Waals surface area contributed by atoms with Gasteiger partial charge in [0, 0.05) is 18.7 Å². The van der Waals surface area contributed by atoms with E-state index in [-0.39, 0.29) is 5.91 Å². The van der Waals surface area contributed by atoms with Gasteiger partial charge in [0.15, 0.2) is 5.96 Å². The summed E-state index contributed by atoms with van der Waals surface area (Å²) in [6.45, 7) is 1.75. The Labute approximate surface area is 106 Å². The molecule has 0 radical (unpaired) electrons. The molecule has 0 unspecified atom stereocenters. The van der Waals surface area contributed by atoms with Crippen LogP contribution in [0, 0.1) is 0 Å². The molecule has 1 aliphatic carbocycles. The number of aliphatic imine (C=N–C) groups is 1. The first-order valence-corrected chi connectivity index (χ1v) is 6.53. The third-order valence-electron chi connectivity index (χ3n) is 3.33. The van der Waals surface area contributed by atoms with Crippen LogP contribution >= 0.6 is 0 Å². The van der Waals surface area contributed by atoms with Crippen LogP contribution in [-0.2, 0) is 0 Å². The number of rotatable bonds is 2. The normalized spacial score (nSPS) is 18.8. The molecular weight excluding hydrogens is 226 g/mol. The van der Waals surface area contributed by atoms with E-state index in [9.17, 15) is 4.79 Å². The fourth-order valence-corrected chi connectivity index (χ4v) is 2.15. The topological polar surface area (TPSA) is 53.5 Å². The fraction of sp³-hybridized carbons (Fsp3) is 0.429. The average Bonchev–Trinajstić information content (AvgIpc) is 3.24. The van der Waals surface area contributed by atoms with Gasteiger partial charge in [0.25, 0.3) is 5.91 Å². The number of nitrogens with one attached hydrogen (secondary N) is 2. The molecule has 2 fully saturated rings. The number of amides is 1. The number of hydrogen-bond donors (Lipinski definition) is 2. The lowest BCUT2D eigenvalue weighted by Gasteiger charge is -2.16. The minimum absolute atomic E-state index is 0.172. The summed E-state index contributed by atoms with van der Waals surface area (Å²) in [5, 5.41) is 6.18. The first-order chi connectivity index (χ1) is 8.83. The maximum atomic E-state index is 12.0. The molecule has 1 saturated heterocycles. The minimum atomic E-state index is -0.172. The standard InChI is InChI=1S/C14H17N3O/c18-13(17-14-15-7-2-8-16-14)12-4-1-3-11(9-12)10-5-6-10/h1,3-4,9-10H,2,5-8H2,(H2,15,16,17,18). The van der Waals surface area contributed by atoms with Crippen molar-refractivity contribution in [1.82, 2.24) is 10.6 Å². The first-order valence-electron chi connectivity index (χ1n) is 6.53. The highest BCUT2D eigenvalue weighted by Crippen LogP contribution is 2.40. The van der Waals surface area contributed by atoms with Crippen molar-refractivity contribution < 1.29 is 4.79 Å². The zero-order chi connectivity index (χ0) is 12.4. The number of hydrogen-bond acceptors (Lipinski definition) is 1. The molecule has 1 saturated carbocycles. The van der Waals surface area contributed by atoms with E-state index in [0.717, 1.165) is 19.5 Å². The summed E-state index contributed by atoms with van der Waals surface area (Å²) in [5.74, 6) is 1.09. The predicted octanol–water partition coefficient (Wildman–Crippen LogP) is 1.64. The van der Waals surface area contributed by atoms with Gasteiger partial charge in [0.2, 0.25) is 0 Å². The van der Waals surface area contributed by atoms with Gasteiger partial charge in [0.1, 0.15) is 0 Å². The molecular formula is C14H17N3O. The van der Waals surface area contributed by atoms with Crippen LogP contribution < -0.4 is 10.6 Å². The summed E-state index contributed by atoms with van der Waals surface area (Å²) in [6.07, 6.45) is 3.55. The smallest absolute Gasteiger partial charge is 0.280 e. The molecule has 94 valence electrons. The van der Waals surface area contributed by atoms with E-state index in [1.165, 1.54) is 18.4 Å². The predicted molar refractivity (Wildman–Crippen MR) is 70.8 cm³/mol. The van der Waals surface area contributed by atoms with Crippen molar-refractivity contribution in [2.75, 3.05) is 13.1 Å².